The fraction of sp³-hybridized carbons (Fsp3) is 0.778. The van der Waals surface area contributed by atoms with E-state index < -0.39 is 0 Å². The molecule has 82 valence electrons. The summed E-state index contributed by atoms with van der Waals surface area (Å²) in [5.41, 5.74) is 5.19. The minimum absolute atomic E-state index is 0.161. The molecule has 0 bridgehead atoms. The van der Waals surface area contributed by atoms with E-state index in [4.69, 9.17) is 5.73 Å². The van der Waals surface area contributed by atoms with Crippen LogP contribution in [0, 0.1) is 0 Å². The van der Waals surface area contributed by atoms with Gasteiger partial charge < -0.3 is 11.1 Å². The van der Waals surface area contributed by atoms with Crippen LogP contribution in [-0.4, -0.2) is 35.8 Å². The number of amides is 1. The smallest absolute Gasteiger partial charge is 0.234 e. The van der Waals surface area contributed by atoms with Crippen molar-refractivity contribution in [1.29, 1.82) is 0 Å². The van der Waals surface area contributed by atoms with Crippen LogP contribution in [0.25, 0.3) is 0 Å². The number of likely N-dealkylation sites (N-methyl/N-ethyl adjacent to an activating group) is 1. The van der Waals surface area contributed by atoms with Crippen LogP contribution in [-0.2, 0) is 9.59 Å². The summed E-state index contributed by atoms with van der Waals surface area (Å²) in [4.78, 5) is 21.5. The van der Waals surface area contributed by atoms with Gasteiger partial charge in [0.2, 0.25) is 5.91 Å². The largest absolute Gasteiger partial charge is 0.368 e. The van der Waals surface area contributed by atoms with Crippen molar-refractivity contribution in [3.63, 3.8) is 0 Å². The predicted octanol–water partition coefficient (Wildman–Crippen LogP) is 0.162. The molecule has 0 rings (SSSR count). The van der Waals surface area contributed by atoms with Gasteiger partial charge >= 0.3 is 0 Å². The van der Waals surface area contributed by atoms with E-state index in [1.54, 1.807) is 6.92 Å². The fourth-order valence-electron chi connectivity index (χ4n) is 1.01. The molecular formula is C9H18N2O2S. The third-order valence-corrected chi connectivity index (χ3v) is 2.79. The quantitative estimate of drug-likeness (QED) is 0.569. The van der Waals surface area contributed by atoms with Crippen LogP contribution < -0.4 is 11.1 Å². The second-order valence-corrected chi connectivity index (χ2v) is 4.16. The molecule has 0 aliphatic carbocycles. The molecule has 1 atom stereocenters. The summed E-state index contributed by atoms with van der Waals surface area (Å²) in [6.45, 7) is 4.21. The first-order chi connectivity index (χ1) is 6.57. The number of hydrogen-bond acceptors (Lipinski definition) is 4. The van der Waals surface area contributed by atoms with Crippen molar-refractivity contribution in [3.05, 3.63) is 0 Å². The lowest BCUT2D eigenvalue weighted by Gasteiger charge is -2.13. The number of carbonyl (C=O) groups is 2. The number of ketones is 1. The highest BCUT2D eigenvalue weighted by molar-refractivity contribution is 7.99. The number of rotatable bonds is 8. The number of carbonyl (C=O) groups excluding carboxylic acids is 2. The Bertz CT molecular complexity index is 197. The fourth-order valence-corrected chi connectivity index (χ4v) is 1.84. The summed E-state index contributed by atoms with van der Waals surface area (Å²) in [6.07, 6.45) is 0.682. The lowest BCUT2D eigenvalue weighted by Crippen LogP contribution is -2.41. The van der Waals surface area contributed by atoms with E-state index in [1.165, 1.54) is 11.8 Å². The third kappa shape index (κ3) is 6.91. The van der Waals surface area contributed by atoms with E-state index in [-0.39, 0.29) is 17.7 Å². The number of nitrogens with two attached hydrogens (primary N) is 1. The molecule has 0 fully saturated rings. The Hall–Kier alpha value is -0.550. The molecule has 0 aromatic heterocycles. The Kier molecular flexibility index (Phi) is 7.51. The molecule has 0 radical (unpaired) electrons. The van der Waals surface area contributed by atoms with Crippen LogP contribution in [0.3, 0.4) is 0 Å². The van der Waals surface area contributed by atoms with Gasteiger partial charge in [-0.25, -0.2) is 0 Å². The SMILES string of the molecule is CCNC(CCSCC(C)=O)C(N)=O. The molecule has 4 nitrogen and oxygen atoms in total. The summed E-state index contributed by atoms with van der Waals surface area (Å²) in [5.74, 6) is 1.13. The first kappa shape index (κ1) is 13.4. The average molecular weight is 218 g/mol. The zero-order valence-corrected chi connectivity index (χ0v) is 9.52. The Morgan fingerprint density at radius 1 is 1.50 bits per heavy atom. The molecule has 0 heterocycles. The topological polar surface area (TPSA) is 72.2 Å². The maximum Gasteiger partial charge on any atom is 0.234 e. The molecule has 0 aliphatic rings. The van der Waals surface area contributed by atoms with Crippen LogP contribution in [0.5, 0.6) is 0 Å². The van der Waals surface area contributed by atoms with E-state index in [9.17, 15) is 9.59 Å². The minimum Gasteiger partial charge on any atom is -0.368 e. The van der Waals surface area contributed by atoms with Gasteiger partial charge in [0.25, 0.3) is 0 Å². The Morgan fingerprint density at radius 2 is 2.14 bits per heavy atom. The highest BCUT2D eigenvalue weighted by atomic mass is 32.2. The van der Waals surface area contributed by atoms with Crippen LogP contribution >= 0.6 is 11.8 Å². The van der Waals surface area contributed by atoms with Gasteiger partial charge in [-0.1, -0.05) is 6.92 Å². The van der Waals surface area contributed by atoms with Crippen molar-refractivity contribution in [2.75, 3.05) is 18.1 Å². The molecular weight excluding hydrogens is 200 g/mol. The van der Waals surface area contributed by atoms with E-state index in [0.29, 0.717) is 12.2 Å². The summed E-state index contributed by atoms with van der Waals surface area (Å²) in [6, 6.07) is -0.264. The Morgan fingerprint density at radius 3 is 2.57 bits per heavy atom. The van der Waals surface area contributed by atoms with Crippen molar-refractivity contribution in [3.8, 4) is 0 Å². The molecule has 0 saturated carbocycles. The monoisotopic (exact) mass is 218 g/mol. The van der Waals surface area contributed by atoms with Gasteiger partial charge in [-0.3, -0.25) is 9.59 Å². The van der Waals surface area contributed by atoms with Crippen LogP contribution in [0.15, 0.2) is 0 Å². The molecule has 14 heavy (non-hydrogen) atoms. The highest BCUT2D eigenvalue weighted by Gasteiger charge is 2.12. The molecule has 0 aromatic rings. The maximum atomic E-state index is 10.9. The minimum atomic E-state index is -0.324. The molecule has 0 spiro atoms. The van der Waals surface area contributed by atoms with Crippen molar-refractivity contribution in [2.45, 2.75) is 26.3 Å². The molecule has 1 unspecified atom stereocenters. The number of Topliss-reactive ketones (excluding diaryl/α,β-unsaturated/α-hetero) is 1. The van der Waals surface area contributed by atoms with Gasteiger partial charge in [0, 0.05) is 0 Å². The lowest BCUT2D eigenvalue weighted by molar-refractivity contribution is -0.120. The van der Waals surface area contributed by atoms with Crippen molar-refractivity contribution in [2.24, 2.45) is 5.73 Å². The summed E-state index contributed by atoms with van der Waals surface area (Å²) in [7, 11) is 0. The summed E-state index contributed by atoms with van der Waals surface area (Å²) < 4.78 is 0. The molecule has 3 N–H and O–H groups in total. The van der Waals surface area contributed by atoms with E-state index in [2.05, 4.69) is 5.32 Å². The summed E-state index contributed by atoms with van der Waals surface area (Å²) in [5, 5.41) is 3.00. The second-order valence-electron chi connectivity index (χ2n) is 3.06. The molecule has 0 aromatic carbocycles. The molecule has 5 heteroatoms. The highest BCUT2D eigenvalue weighted by Crippen LogP contribution is 2.04. The van der Waals surface area contributed by atoms with Gasteiger partial charge in [-0.05, 0) is 25.6 Å². The van der Waals surface area contributed by atoms with Crippen LogP contribution in [0.2, 0.25) is 0 Å². The average Bonchev–Trinajstić information content (AvgIpc) is 2.09. The molecule has 0 saturated heterocycles. The van der Waals surface area contributed by atoms with Crippen molar-refractivity contribution < 1.29 is 9.59 Å². The zero-order valence-electron chi connectivity index (χ0n) is 8.71. The molecule has 1 amide bonds. The first-order valence-electron chi connectivity index (χ1n) is 4.67. The number of primary amides is 1. The van der Waals surface area contributed by atoms with Crippen molar-refractivity contribution >= 4 is 23.5 Å². The Balaban J connectivity index is 3.61. The van der Waals surface area contributed by atoms with Gasteiger partial charge in [-0.2, -0.15) is 11.8 Å². The third-order valence-electron chi connectivity index (χ3n) is 1.65. The number of thioether (sulfide) groups is 1. The van der Waals surface area contributed by atoms with Gasteiger partial charge in [0.1, 0.15) is 5.78 Å². The predicted molar refractivity (Wildman–Crippen MR) is 59.3 cm³/mol. The lowest BCUT2D eigenvalue weighted by atomic mass is 10.2. The maximum absolute atomic E-state index is 10.9. The van der Waals surface area contributed by atoms with Gasteiger partial charge in [0.15, 0.2) is 0 Å². The standard InChI is InChI=1S/C9H18N2O2S/c1-3-11-8(9(10)13)4-5-14-6-7(2)12/h8,11H,3-6H2,1-2H3,(H2,10,13). The van der Waals surface area contributed by atoms with Crippen molar-refractivity contribution in [1.82, 2.24) is 5.32 Å². The van der Waals surface area contributed by atoms with Crippen LogP contribution in [0.4, 0.5) is 0 Å². The Labute approximate surface area is 89.0 Å². The normalized spacial score (nSPS) is 12.4. The van der Waals surface area contributed by atoms with Gasteiger partial charge in [0.05, 0.1) is 11.8 Å². The van der Waals surface area contributed by atoms with Crippen LogP contribution in [0.1, 0.15) is 20.3 Å². The van der Waals surface area contributed by atoms with E-state index in [1.807, 2.05) is 6.92 Å². The zero-order chi connectivity index (χ0) is 11.0. The second kappa shape index (κ2) is 7.82. The summed E-state index contributed by atoms with van der Waals surface area (Å²) >= 11 is 1.54. The number of hydrogen-bond donors (Lipinski definition) is 2. The number of nitrogens with one attached hydrogen (secondary N) is 1. The first-order valence-corrected chi connectivity index (χ1v) is 5.83. The van der Waals surface area contributed by atoms with E-state index in [0.717, 1.165) is 12.3 Å². The van der Waals surface area contributed by atoms with E-state index >= 15 is 0 Å². The van der Waals surface area contributed by atoms with Gasteiger partial charge in [-0.15, -0.1) is 0 Å². The molecule has 0 aliphatic heterocycles.